The minimum absolute atomic E-state index is 0.00913. The minimum Gasteiger partial charge on any atom is -0.384 e. The molecule has 1 fully saturated rings. The molecule has 156 valence electrons. The fraction of sp³-hybridized carbons (Fsp3) is 0.375. The number of benzene rings is 2. The Morgan fingerprint density at radius 3 is 2.47 bits per heavy atom. The molecule has 4 rings (SSSR count). The predicted octanol–water partition coefficient (Wildman–Crippen LogP) is 4.04. The number of carbonyl (C=O) groups excluding carboxylic acids is 1. The second-order valence-corrected chi connectivity index (χ2v) is 8.56. The molecule has 0 radical (unpaired) electrons. The standard InChI is InChI=1S/C24H28N4O2/c1-17-13-14-19(28-25-15-22(26-28)24(2,3)30)16-27(17)23(29)21-12-8-7-11-20(21)18-9-5-4-6-10-18/h4-12,15,17,19,30H,13-14,16H2,1-3H3/t17-,19-/m1/s1. The van der Waals surface area contributed by atoms with E-state index < -0.39 is 5.60 Å². The second kappa shape index (κ2) is 8.03. The molecule has 1 amide bonds. The number of piperidine rings is 1. The average Bonchev–Trinajstić information content (AvgIpc) is 3.25. The van der Waals surface area contributed by atoms with Crippen LogP contribution < -0.4 is 0 Å². The van der Waals surface area contributed by atoms with Crippen LogP contribution in [0, 0.1) is 0 Å². The van der Waals surface area contributed by atoms with Gasteiger partial charge in [-0.2, -0.15) is 15.0 Å². The Kier molecular flexibility index (Phi) is 5.43. The molecule has 0 saturated carbocycles. The molecule has 30 heavy (non-hydrogen) atoms. The fourth-order valence-corrected chi connectivity index (χ4v) is 3.99. The largest absolute Gasteiger partial charge is 0.384 e. The van der Waals surface area contributed by atoms with Gasteiger partial charge in [0.1, 0.15) is 11.3 Å². The molecule has 0 aliphatic carbocycles. The predicted molar refractivity (Wildman–Crippen MR) is 116 cm³/mol. The van der Waals surface area contributed by atoms with E-state index in [-0.39, 0.29) is 18.0 Å². The highest BCUT2D eigenvalue weighted by Crippen LogP contribution is 2.30. The molecule has 1 saturated heterocycles. The minimum atomic E-state index is -1.04. The first-order chi connectivity index (χ1) is 14.3. The zero-order valence-corrected chi connectivity index (χ0v) is 17.7. The van der Waals surface area contributed by atoms with E-state index in [1.54, 1.807) is 24.8 Å². The van der Waals surface area contributed by atoms with Gasteiger partial charge in [-0.3, -0.25) is 4.79 Å². The summed E-state index contributed by atoms with van der Waals surface area (Å²) in [6, 6.07) is 17.9. The van der Waals surface area contributed by atoms with Crippen LogP contribution >= 0.6 is 0 Å². The summed E-state index contributed by atoms with van der Waals surface area (Å²) < 4.78 is 0. The molecule has 1 N–H and O–H groups in total. The van der Waals surface area contributed by atoms with Crippen LogP contribution in [0.4, 0.5) is 0 Å². The highest BCUT2D eigenvalue weighted by Gasteiger charge is 2.33. The van der Waals surface area contributed by atoms with Crippen molar-refractivity contribution in [3.8, 4) is 11.1 Å². The van der Waals surface area contributed by atoms with E-state index in [9.17, 15) is 9.90 Å². The normalized spacial score (nSPS) is 19.7. The first kappa shape index (κ1) is 20.3. The maximum absolute atomic E-state index is 13.6. The van der Waals surface area contributed by atoms with Gasteiger partial charge < -0.3 is 10.0 Å². The van der Waals surface area contributed by atoms with Gasteiger partial charge in [-0.1, -0.05) is 48.5 Å². The van der Waals surface area contributed by atoms with Crippen LogP contribution in [0.15, 0.2) is 60.8 Å². The molecule has 2 aromatic carbocycles. The topological polar surface area (TPSA) is 71.2 Å². The molecule has 2 atom stereocenters. The van der Waals surface area contributed by atoms with Gasteiger partial charge in [0.2, 0.25) is 0 Å². The average molecular weight is 405 g/mol. The molecule has 6 nitrogen and oxygen atoms in total. The Morgan fingerprint density at radius 1 is 1.07 bits per heavy atom. The molecular weight excluding hydrogens is 376 g/mol. The summed E-state index contributed by atoms with van der Waals surface area (Å²) in [5, 5.41) is 19.0. The second-order valence-electron chi connectivity index (χ2n) is 8.56. The van der Waals surface area contributed by atoms with Gasteiger partial charge >= 0.3 is 0 Å². The lowest BCUT2D eigenvalue weighted by atomic mass is 9.95. The van der Waals surface area contributed by atoms with Crippen LogP contribution in [0.25, 0.3) is 11.1 Å². The smallest absolute Gasteiger partial charge is 0.254 e. The van der Waals surface area contributed by atoms with E-state index in [0.29, 0.717) is 17.8 Å². The van der Waals surface area contributed by atoms with E-state index >= 15 is 0 Å². The number of hydrogen-bond acceptors (Lipinski definition) is 4. The number of carbonyl (C=O) groups is 1. The maximum Gasteiger partial charge on any atom is 0.254 e. The third-order valence-electron chi connectivity index (χ3n) is 5.82. The third kappa shape index (κ3) is 4.00. The van der Waals surface area contributed by atoms with Gasteiger partial charge in [0.25, 0.3) is 5.91 Å². The summed E-state index contributed by atoms with van der Waals surface area (Å²) in [7, 11) is 0. The van der Waals surface area contributed by atoms with E-state index in [2.05, 4.69) is 17.1 Å². The Balaban J connectivity index is 1.61. The van der Waals surface area contributed by atoms with E-state index in [0.717, 1.165) is 24.0 Å². The quantitative estimate of drug-likeness (QED) is 0.712. The number of aromatic nitrogens is 3. The molecular formula is C24H28N4O2. The Labute approximate surface area is 177 Å². The van der Waals surface area contributed by atoms with Gasteiger partial charge in [0.15, 0.2) is 0 Å². The van der Waals surface area contributed by atoms with Crippen LogP contribution in [0.3, 0.4) is 0 Å². The van der Waals surface area contributed by atoms with Crippen molar-refractivity contribution in [1.82, 2.24) is 19.9 Å². The molecule has 1 aliphatic heterocycles. The number of rotatable bonds is 4. The number of nitrogens with zero attached hydrogens (tertiary/aromatic N) is 4. The summed E-state index contributed by atoms with van der Waals surface area (Å²) in [5.41, 5.74) is 2.19. The van der Waals surface area contributed by atoms with Crippen molar-refractivity contribution in [1.29, 1.82) is 0 Å². The Hall–Kier alpha value is -2.99. The number of likely N-dealkylation sites (tertiary alicyclic amines) is 1. The van der Waals surface area contributed by atoms with Crippen molar-refractivity contribution < 1.29 is 9.90 Å². The Morgan fingerprint density at radius 2 is 1.77 bits per heavy atom. The van der Waals surface area contributed by atoms with Crippen LogP contribution in [-0.4, -0.2) is 43.5 Å². The van der Waals surface area contributed by atoms with Crippen molar-refractivity contribution in [2.45, 2.75) is 51.3 Å². The summed E-state index contributed by atoms with van der Waals surface area (Å²) in [6.45, 7) is 6.03. The van der Waals surface area contributed by atoms with Crippen LogP contribution in [0.1, 0.15) is 55.7 Å². The van der Waals surface area contributed by atoms with Crippen molar-refractivity contribution in [2.75, 3.05) is 6.54 Å². The third-order valence-corrected chi connectivity index (χ3v) is 5.82. The van der Waals surface area contributed by atoms with Crippen LogP contribution in [-0.2, 0) is 5.60 Å². The Bertz CT molecular complexity index is 1020. The zero-order chi connectivity index (χ0) is 21.3. The SMILES string of the molecule is C[C@@H]1CC[C@@H](n2ncc(C(C)(C)O)n2)CN1C(=O)c1ccccc1-c1ccccc1. The lowest BCUT2D eigenvalue weighted by molar-refractivity contribution is 0.0534. The first-order valence-electron chi connectivity index (χ1n) is 10.4. The van der Waals surface area contributed by atoms with E-state index in [1.807, 2.05) is 59.5 Å². The molecule has 6 heteroatoms. The molecule has 1 aliphatic rings. The monoisotopic (exact) mass is 404 g/mol. The van der Waals surface area contributed by atoms with Gasteiger partial charge in [0.05, 0.1) is 12.2 Å². The number of amides is 1. The molecule has 0 spiro atoms. The highest BCUT2D eigenvalue weighted by molar-refractivity contribution is 6.01. The molecule has 0 bridgehead atoms. The lowest BCUT2D eigenvalue weighted by Crippen LogP contribution is -2.46. The van der Waals surface area contributed by atoms with Crippen molar-refractivity contribution in [3.63, 3.8) is 0 Å². The van der Waals surface area contributed by atoms with Crippen molar-refractivity contribution in [3.05, 3.63) is 72.1 Å². The summed E-state index contributed by atoms with van der Waals surface area (Å²) >= 11 is 0. The number of hydrogen-bond donors (Lipinski definition) is 1. The van der Waals surface area contributed by atoms with E-state index in [1.165, 1.54) is 0 Å². The van der Waals surface area contributed by atoms with Crippen LogP contribution in [0.2, 0.25) is 0 Å². The van der Waals surface area contributed by atoms with Crippen LogP contribution in [0.5, 0.6) is 0 Å². The summed E-state index contributed by atoms with van der Waals surface area (Å²) in [4.78, 5) is 17.2. The summed E-state index contributed by atoms with van der Waals surface area (Å²) in [6.07, 6.45) is 3.38. The summed E-state index contributed by atoms with van der Waals surface area (Å²) in [5.74, 6) is 0.0292. The molecule has 1 aromatic heterocycles. The van der Waals surface area contributed by atoms with Crippen molar-refractivity contribution in [2.24, 2.45) is 0 Å². The maximum atomic E-state index is 13.6. The first-order valence-corrected chi connectivity index (χ1v) is 10.4. The van der Waals surface area contributed by atoms with Crippen molar-refractivity contribution >= 4 is 5.91 Å². The van der Waals surface area contributed by atoms with Gasteiger partial charge in [0, 0.05) is 18.2 Å². The number of aliphatic hydroxyl groups is 1. The fourth-order valence-electron chi connectivity index (χ4n) is 3.99. The molecule has 3 aromatic rings. The van der Waals surface area contributed by atoms with Gasteiger partial charge in [-0.15, -0.1) is 0 Å². The van der Waals surface area contributed by atoms with Gasteiger partial charge in [-0.25, -0.2) is 0 Å². The molecule has 0 unspecified atom stereocenters. The van der Waals surface area contributed by atoms with Gasteiger partial charge in [-0.05, 0) is 50.8 Å². The highest BCUT2D eigenvalue weighted by atomic mass is 16.3. The van der Waals surface area contributed by atoms with E-state index in [4.69, 9.17) is 0 Å². The molecule has 2 heterocycles. The lowest BCUT2D eigenvalue weighted by Gasteiger charge is -2.38. The zero-order valence-electron chi connectivity index (χ0n) is 17.7.